The van der Waals surface area contributed by atoms with E-state index in [0.717, 1.165) is 18.2 Å². The SMILES string of the molecule is O=C(O)CCCNS(=O)(=O)c1ccccc1S(=O)(=O)C(F)F. The van der Waals surface area contributed by atoms with Crippen molar-refractivity contribution in [2.24, 2.45) is 0 Å². The number of aliphatic carboxylic acids is 1. The first-order valence-electron chi connectivity index (χ1n) is 5.91. The predicted octanol–water partition coefficient (Wildman–Crippen LogP) is 0.826. The van der Waals surface area contributed by atoms with Crippen molar-refractivity contribution in [3.05, 3.63) is 24.3 Å². The number of alkyl halides is 2. The molecule has 1 rings (SSSR count). The molecule has 2 N–H and O–H groups in total. The third-order valence-corrected chi connectivity index (χ3v) is 5.63. The van der Waals surface area contributed by atoms with Gasteiger partial charge in [0.25, 0.3) is 0 Å². The summed E-state index contributed by atoms with van der Waals surface area (Å²) in [5.74, 6) is -4.88. The van der Waals surface area contributed by atoms with Crippen LogP contribution in [0.25, 0.3) is 0 Å². The van der Waals surface area contributed by atoms with Gasteiger partial charge in [-0.05, 0) is 18.6 Å². The van der Waals surface area contributed by atoms with Crippen LogP contribution in [-0.4, -0.2) is 40.2 Å². The van der Waals surface area contributed by atoms with E-state index >= 15 is 0 Å². The Labute approximate surface area is 125 Å². The fourth-order valence-corrected chi connectivity index (χ4v) is 4.17. The van der Waals surface area contributed by atoms with Crippen LogP contribution in [0.2, 0.25) is 0 Å². The Morgan fingerprint density at radius 1 is 1.14 bits per heavy atom. The summed E-state index contributed by atoms with van der Waals surface area (Å²) in [6.45, 7) is -0.266. The number of carbonyl (C=O) groups is 1. The van der Waals surface area contributed by atoms with Crippen molar-refractivity contribution in [2.75, 3.05) is 6.54 Å². The summed E-state index contributed by atoms with van der Waals surface area (Å²) in [4.78, 5) is 8.51. The first-order valence-corrected chi connectivity index (χ1v) is 8.94. The molecule has 124 valence electrons. The first kappa shape index (κ1) is 18.5. The fraction of sp³-hybridized carbons (Fsp3) is 0.364. The van der Waals surface area contributed by atoms with Crippen LogP contribution in [0.5, 0.6) is 0 Å². The zero-order valence-corrected chi connectivity index (χ0v) is 12.7. The lowest BCUT2D eigenvalue weighted by Crippen LogP contribution is -2.27. The number of sulfone groups is 1. The van der Waals surface area contributed by atoms with E-state index in [1.54, 1.807) is 0 Å². The Hall–Kier alpha value is -1.59. The molecule has 0 aliphatic carbocycles. The van der Waals surface area contributed by atoms with Crippen molar-refractivity contribution < 1.29 is 35.5 Å². The summed E-state index contributed by atoms with van der Waals surface area (Å²) in [5, 5.41) is 8.43. The molecule has 0 aromatic heterocycles. The Kier molecular flexibility index (Phi) is 5.97. The minimum absolute atomic E-state index is 0.0294. The van der Waals surface area contributed by atoms with Crippen LogP contribution in [0, 0.1) is 0 Å². The minimum Gasteiger partial charge on any atom is -0.481 e. The van der Waals surface area contributed by atoms with Gasteiger partial charge in [-0.15, -0.1) is 0 Å². The molecule has 0 aliphatic heterocycles. The highest BCUT2D eigenvalue weighted by Gasteiger charge is 2.32. The van der Waals surface area contributed by atoms with Gasteiger partial charge in [0.15, 0.2) is 0 Å². The third-order valence-electron chi connectivity index (χ3n) is 2.54. The fourth-order valence-electron chi connectivity index (χ4n) is 1.53. The van der Waals surface area contributed by atoms with Gasteiger partial charge in [-0.2, -0.15) is 8.78 Å². The predicted molar refractivity (Wildman–Crippen MR) is 71.7 cm³/mol. The van der Waals surface area contributed by atoms with Crippen molar-refractivity contribution >= 4 is 25.8 Å². The van der Waals surface area contributed by atoms with E-state index < -0.39 is 41.4 Å². The molecular weight excluding hydrogens is 344 g/mol. The van der Waals surface area contributed by atoms with Crippen LogP contribution in [0.1, 0.15) is 12.8 Å². The van der Waals surface area contributed by atoms with Gasteiger partial charge in [-0.25, -0.2) is 21.6 Å². The minimum atomic E-state index is -5.08. The molecule has 7 nitrogen and oxygen atoms in total. The molecule has 1 aromatic carbocycles. The Morgan fingerprint density at radius 2 is 1.68 bits per heavy atom. The van der Waals surface area contributed by atoms with Crippen molar-refractivity contribution in [3.63, 3.8) is 0 Å². The topological polar surface area (TPSA) is 118 Å². The molecule has 0 fully saturated rings. The van der Waals surface area contributed by atoms with Crippen molar-refractivity contribution in [3.8, 4) is 0 Å². The summed E-state index contributed by atoms with van der Waals surface area (Å²) in [6.07, 6.45) is -0.322. The van der Waals surface area contributed by atoms with Gasteiger partial charge >= 0.3 is 11.7 Å². The van der Waals surface area contributed by atoms with Gasteiger partial charge in [0, 0.05) is 13.0 Å². The highest BCUT2D eigenvalue weighted by Crippen LogP contribution is 2.25. The lowest BCUT2D eigenvalue weighted by atomic mass is 10.3. The molecule has 0 saturated heterocycles. The third kappa shape index (κ3) is 4.45. The summed E-state index contributed by atoms with van der Waals surface area (Å²) in [7, 11) is -9.44. The van der Waals surface area contributed by atoms with E-state index in [0.29, 0.717) is 0 Å². The Bertz CT molecular complexity index is 746. The molecule has 0 radical (unpaired) electrons. The molecule has 11 heteroatoms. The lowest BCUT2D eigenvalue weighted by Gasteiger charge is -2.11. The first-order chi connectivity index (χ1) is 10.1. The van der Waals surface area contributed by atoms with E-state index in [4.69, 9.17) is 5.11 Å². The van der Waals surface area contributed by atoms with Crippen molar-refractivity contribution in [1.29, 1.82) is 0 Å². The number of nitrogens with one attached hydrogen (secondary N) is 1. The van der Waals surface area contributed by atoms with Gasteiger partial charge in [-0.3, -0.25) is 4.79 Å². The van der Waals surface area contributed by atoms with Crippen LogP contribution >= 0.6 is 0 Å². The lowest BCUT2D eigenvalue weighted by molar-refractivity contribution is -0.137. The highest BCUT2D eigenvalue weighted by molar-refractivity contribution is 7.93. The molecule has 0 aliphatic rings. The van der Waals surface area contributed by atoms with Gasteiger partial charge in [0.05, 0.1) is 4.90 Å². The monoisotopic (exact) mass is 357 g/mol. The zero-order valence-electron chi connectivity index (χ0n) is 11.1. The molecular formula is C11H13F2NO6S2. The van der Waals surface area contributed by atoms with Crippen LogP contribution in [-0.2, 0) is 24.7 Å². The molecule has 0 atom stereocenters. The number of carboxylic acids is 1. The van der Waals surface area contributed by atoms with E-state index in [2.05, 4.69) is 0 Å². The van der Waals surface area contributed by atoms with E-state index in [9.17, 15) is 30.4 Å². The second-order valence-electron chi connectivity index (χ2n) is 4.15. The standard InChI is InChI=1S/C11H13F2NO6S2/c12-11(13)21(17,18)8-4-1-2-5-9(8)22(19,20)14-7-3-6-10(15)16/h1-2,4-5,11,14H,3,6-7H2,(H,15,16). The summed E-state index contributed by atoms with van der Waals surface area (Å²) < 4.78 is 74.2. The number of carboxylic acid groups (broad SMARTS) is 1. The maximum Gasteiger partial charge on any atom is 0.341 e. The van der Waals surface area contributed by atoms with Gasteiger partial charge in [0.1, 0.15) is 4.90 Å². The van der Waals surface area contributed by atoms with Gasteiger partial charge < -0.3 is 5.11 Å². The molecule has 0 amide bonds. The van der Waals surface area contributed by atoms with Crippen molar-refractivity contribution in [2.45, 2.75) is 28.4 Å². The number of hydrogen-bond acceptors (Lipinski definition) is 5. The number of sulfonamides is 1. The smallest absolute Gasteiger partial charge is 0.341 e. The maximum absolute atomic E-state index is 12.6. The van der Waals surface area contributed by atoms with E-state index in [1.165, 1.54) is 6.07 Å². The van der Waals surface area contributed by atoms with Crippen LogP contribution in [0.3, 0.4) is 0 Å². The summed E-state index contributed by atoms with van der Waals surface area (Å²) in [5.41, 5.74) is 0. The normalized spacial score (nSPS) is 12.5. The maximum atomic E-state index is 12.6. The van der Waals surface area contributed by atoms with E-state index in [-0.39, 0.29) is 19.4 Å². The quantitative estimate of drug-likeness (QED) is 0.665. The largest absolute Gasteiger partial charge is 0.481 e. The van der Waals surface area contributed by atoms with Crippen LogP contribution in [0.4, 0.5) is 8.78 Å². The number of rotatable bonds is 8. The van der Waals surface area contributed by atoms with Gasteiger partial charge in [0.2, 0.25) is 19.9 Å². The molecule has 0 heterocycles. The number of hydrogen-bond donors (Lipinski definition) is 2. The average Bonchev–Trinajstić information content (AvgIpc) is 2.43. The Balaban J connectivity index is 3.09. The zero-order chi connectivity index (χ0) is 17.0. The van der Waals surface area contributed by atoms with E-state index in [1.807, 2.05) is 4.72 Å². The summed E-state index contributed by atoms with van der Waals surface area (Å²) >= 11 is 0. The molecule has 0 bridgehead atoms. The molecule has 1 aromatic rings. The molecule has 0 saturated carbocycles. The molecule has 0 unspecified atom stereocenters. The number of halogens is 2. The average molecular weight is 357 g/mol. The number of benzene rings is 1. The summed E-state index contributed by atoms with van der Waals surface area (Å²) in [6, 6.07) is 3.97. The van der Waals surface area contributed by atoms with Crippen molar-refractivity contribution in [1.82, 2.24) is 4.72 Å². The van der Waals surface area contributed by atoms with Gasteiger partial charge in [-0.1, -0.05) is 12.1 Å². The van der Waals surface area contributed by atoms with Crippen LogP contribution in [0.15, 0.2) is 34.1 Å². The van der Waals surface area contributed by atoms with Crippen LogP contribution < -0.4 is 4.72 Å². The molecule has 22 heavy (non-hydrogen) atoms. The second kappa shape index (κ2) is 7.11. The molecule has 0 spiro atoms. The second-order valence-corrected chi connectivity index (χ2v) is 7.77. The highest BCUT2D eigenvalue weighted by atomic mass is 32.2. The Morgan fingerprint density at radius 3 is 2.18 bits per heavy atom.